The Hall–Kier alpha value is -1.87. The molecule has 0 radical (unpaired) electrons. The minimum absolute atomic E-state index is 0.0696. The van der Waals surface area contributed by atoms with Crippen LogP contribution in [0.15, 0.2) is 23.2 Å². The van der Waals surface area contributed by atoms with Crippen LogP contribution in [0, 0.1) is 11.3 Å². The van der Waals surface area contributed by atoms with E-state index in [1.54, 1.807) is 28.8 Å². The highest BCUT2D eigenvalue weighted by molar-refractivity contribution is 8.00. The summed E-state index contributed by atoms with van der Waals surface area (Å²) in [6, 6.07) is 5.07. The molecule has 0 bridgehead atoms. The molecule has 2 aliphatic heterocycles. The summed E-state index contributed by atoms with van der Waals surface area (Å²) in [5, 5.41) is 15.5. The van der Waals surface area contributed by atoms with E-state index in [-0.39, 0.29) is 23.4 Å². The van der Waals surface area contributed by atoms with Crippen molar-refractivity contribution in [2.24, 2.45) is 0 Å². The normalized spacial score (nSPS) is 20.3. The van der Waals surface area contributed by atoms with Crippen LogP contribution in [0.1, 0.15) is 26.7 Å². The summed E-state index contributed by atoms with van der Waals surface area (Å²) in [6.45, 7) is 5.73. The SMILES string of the molecule is CC(C)(CNc1ccc(S(=O)(=O)N2CCSC2)cn1)NCC(=O)N1CCC[C@H]1C#N. The van der Waals surface area contributed by atoms with Gasteiger partial charge in [-0.25, -0.2) is 13.4 Å². The van der Waals surface area contributed by atoms with Gasteiger partial charge in [-0.1, -0.05) is 0 Å². The zero-order valence-electron chi connectivity index (χ0n) is 17.3. The highest BCUT2D eigenvalue weighted by atomic mass is 32.2. The van der Waals surface area contributed by atoms with Gasteiger partial charge in [-0.2, -0.15) is 9.57 Å². The van der Waals surface area contributed by atoms with E-state index >= 15 is 0 Å². The zero-order chi connectivity index (χ0) is 21.8. The molecule has 3 rings (SSSR count). The van der Waals surface area contributed by atoms with E-state index in [1.165, 1.54) is 10.5 Å². The summed E-state index contributed by atoms with van der Waals surface area (Å²) in [5.41, 5.74) is -0.406. The van der Waals surface area contributed by atoms with E-state index in [0.29, 0.717) is 31.3 Å². The Labute approximate surface area is 182 Å². The van der Waals surface area contributed by atoms with Crippen LogP contribution < -0.4 is 10.6 Å². The van der Waals surface area contributed by atoms with E-state index in [2.05, 4.69) is 21.7 Å². The predicted molar refractivity (Wildman–Crippen MR) is 116 cm³/mol. The van der Waals surface area contributed by atoms with Crippen molar-refractivity contribution in [3.8, 4) is 6.07 Å². The molecular formula is C19H28N6O3S2. The van der Waals surface area contributed by atoms with Gasteiger partial charge in [0.15, 0.2) is 0 Å². The lowest BCUT2D eigenvalue weighted by Gasteiger charge is -2.28. The van der Waals surface area contributed by atoms with Gasteiger partial charge in [-0.05, 0) is 38.8 Å². The summed E-state index contributed by atoms with van der Waals surface area (Å²) >= 11 is 1.60. The fourth-order valence-corrected chi connectivity index (χ4v) is 6.12. The molecule has 0 saturated carbocycles. The largest absolute Gasteiger partial charge is 0.368 e. The lowest BCUT2D eigenvalue weighted by atomic mass is 10.1. The highest BCUT2D eigenvalue weighted by Gasteiger charge is 2.30. The van der Waals surface area contributed by atoms with Crippen LogP contribution in [0.5, 0.6) is 0 Å². The van der Waals surface area contributed by atoms with Crippen molar-refractivity contribution in [1.82, 2.24) is 19.5 Å². The minimum atomic E-state index is -3.49. The number of hydrogen-bond acceptors (Lipinski definition) is 8. The molecule has 2 aliphatic rings. The maximum atomic E-state index is 12.6. The van der Waals surface area contributed by atoms with E-state index in [9.17, 15) is 13.2 Å². The summed E-state index contributed by atoms with van der Waals surface area (Å²) in [7, 11) is -3.49. The average Bonchev–Trinajstić information content (AvgIpc) is 3.43. The van der Waals surface area contributed by atoms with Crippen molar-refractivity contribution in [2.75, 3.05) is 43.1 Å². The number of amides is 1. The topological polar surface area (TPSA) is 118 Å². The predicted octanol–water partition coefficient (Wildman–Crippen LogP) is 1.07. The van der Waals surface area contributed by atoms with Crippen molar-refractivity contribution >= 4 is 33.5 Å². The number of carbonyl (C=O) groups is 1. The molecule has 1 atom stereocenters. The van der Waals surface area contributed by atoms with Crippen LogP contribution in [0.3, 0.4) is 0 Å². The molecule has 1 aromatic rings. The second-order valence-corrected chi connectivity index (χ2v) is 11.1. The number of nitriles is 1. The van der Waals surface area contributed by atoms with Crippen molar-refractivity contribution in [3.05, 3.63) is 18.3 Å². The molecule has 164 valence electrons. The molecule has 1 amide bonds. The fourth-order valence-electron chi connectivity index (χ4n) is 3.36. The van der Waals surface area contributed by atoms with Gasteiger partial charge in [0.2, 0.25) is 15.9 Å². The van der Waals surface area contributed by atoms with E-state index in [4.69, 9.17) is 5.26 Å². The van der Waals surface area contributed by atoms with Crippen molar-refractivity contribution in [3.63, 3.8) is 0 Å². The average molecular weight is 453 g/mol. The number of aromatic nitrogens is 1. The standard InChI is InChI=1S/C19H28N6O3S2/c1-19(2,23-12-18(26)25-7-3-4-15(25)10-20)13-22-17-6-5-16(11-21-17)30(27,28)24-8-9-29-14-24/h5-6,11,15,23H,3-4,7-9,12-14H2,1-2H3,(H,21,22)/t15-/m0/s1. The lowest BCUT2D eigenvalue weighted by Crippen LogP contribution is -2.50. The van der Waals surface area contributed by atoms with Crippen LogP contribution in [0.25, 0.3) is 0 Å². The van der Waals surface area contributed by atoms with Gasteiger partial charge in [-0.3, -0.25) is 4.79 Å². The molecule has 0 aromatic carbocycles. The Morgan fingerprint density at radius 3 is 2.83 bits per heavy atom. The summed E-state index contributed by atoms with van der Waals surface area (Å²) in [4.78, 5) is 18.5. The number of carbonyl (C=O) groups excluding carboxylic acids is 1. The molecule has 2 N–H and O–H groups in total. The van der Waals surface area contributed by atoms with Crippen LogP contribution in [-0.4, -0.2) is 77.9 Å². The first-order valence-corrected chi connectivity index (χ1v) is 12.5. The number of rotatable bonds is 8. The molecule has 1 aromatic heterocycles. The maximum Gasteiger partial charge on any atom is 0.245 e. The lowest BCUT2D eigenvalue weighted by molar-refractivity contribution is -0.130. The van der Waals surface area contributed by atoms with Crippen molar-refractivity contribution < 1.29 is 13.2 Å². The molecule has 0 spiro atoms. The van der Waals surface area contributed by atoms with Crippen molar-refractivity contribution in [2.45, 2.75) is 43.2 Å². The minimum Gasteiger partial charge on any atom is -0.368 e. The Bertz CT molecular complexity index is 892. The molecule has 2 fully saturated rings. The Balaban J connectivity index is 1.50. The van der Waals surface area contributed by atoms with Crippen LogP contribution in [-0.2, 0) is 14.8 Å². The van der Waals surface area contributed by atoms with Gasteiger partial charge < -0.3 is 15.5 Å². The second-order valence-electron chi connectivity index (χ2n) is 8.06. The first-order valence-electron chi connectivity index (χ1n) is 9.95. The van der Waals surface area contributed by atoms with E-state index in [1.807, 2.05) is 13.8 Å². The Kier molecular flexibility index (Phi) is 7.23. The third-order valence-corrected chi connectivity index (χ3v) is 8.20. The Morgan fingerprint density at radius 1 is 1.40 bits per heavy atom. The van der Waals surface area contributed by atoms with Gasteiger partial charge in [-0.15, -0.1) is 11.8 Å². The number of anilines is 1. The second kappa shape index (κ2) is 9.51. The third kappa shape index (κ3) is 5.43. The smallest absolute Gasteiger partial charge is 0.245 e. The third-order valence-electron chi connectivity index (χ3n) is 5.25. The van der Waals surface area contributed by atoms with Gasteiger partial charge in [0.1, 0.15) is 16.8 Å². The monoisotopic (exact) mass is 452 g/mol. The molecule has 30 heavy (non-hydrogen) atoms. The number of thioether (sulfide) groups is 1. The van der Waals surface area contributed by atoms with Gasteiger partial charge in [0.25, 0.3) is 0 Å². The number of pyridine rings is 1. The first kappa shape index (κ1) is 22.8. The molecule has 9 nitrogen and oxygen atoms in total. The summed E-state index contributed by atoms with van der Waals surface area (Å²) in [5.74, 6) is 1.79. The van der Waals surface area contributed by atoms with E-state index in [0.717, 1.165) is 18.6 Å². The number of sulfonamides is 1. The van der Waals surface area contributed by atoms with E-state index < -0.39 is 15.6 Å². The molecule has 11 heteroatoms. The molecular weight excluding hydrogens is 424 g/mol. The van der Waals surface area contributed by atoms with Gasteiger partial charge in [0.05, 0.1) is 18.5 Å². The fraction of sp³-hybridized carbons (Fsp3) is 0.632. The molecule has 0 aliphatic carbocycles. The maximum absolute atomic E-state index is 12.6. The molecule has 3 heterocycles. The van der Waals surface area contributed by atoms with Crippen LogP contribution in [0.4, 0.5) is 5.82 Å². The quantitative estimate of drug-likeness (QED) is 0.601. The Morgan fingerprint density at radius 2 is 2.20 bits per heavy atom. The molecule has 0 unspecified atom stereocenters. The zero-order valence-corrected chi connectivity index (χ0v) is 18.9. The first-order chi connectivity index (χ1) is 14.2. The highest BCUT2D eigenvalue weighted by Crippen LogP contribution is 2.23. The summed E-state index contributed by atoms with van der Waals surface area (Å²) < 4.78 is 26.6. The number of likely N-dealkylation sites (tertiary alicyclic amines) is 1. The van der Waals surface area contributed by atoms with Gasteiger partial charge >= 0.3 is 0 Å². The molecule has 2 saturated heterocycles. The number of hydrogen-bond donors (Lipinski definition) is 2. The van der Waals surface area contributed by atoms with Crippen molar-refractivity contribution in [1.29, 1.82) is 5.26 Å². The van der Waals surface area contributed by atoms with Crippen LogP contribution >= 0.6 is 11.8 Å². The summed E-state index contributed by atoms with van der Waals surface area (Å²) in [6.07, 6.45) is 2.98. The van der Waals surface area contributed by atoms with Crippen LogP contribution in [0.2, 0.25) is 0 Å². The number of nitrogens with zero attached hydrogens (tertiary/aromatic N) is 4. The number of nitrogens with one attached hydrogen (secondary N) is 2. The van der Waals surface area contributed by atoms with Gasteiger partial charge in [0, 0.05) is 37.1 Å².